The molecule has 0 fully saturated rings. The fourth-order valence-corrected chi connectivity index (χ4v) is 2.51. The number of aryl methyl sites for hydroxylation is 2. The Bertz CT molecular complexity index is 783. The zero-order valence-electron chi connectivity index (χ0n) is 12.0. The molecular formula is C13H14N5O3S. The summed E-state index contributed by atoms with van der Waals surface area (Å²) < 4.78 is 25.9. The molecule has 1 radical (unpaired) electrons. The second kappa shape index (κ2) is 6.06. The number of sulfonamides is 1. The van der Waals surface area contributed by atoms with Crippen molar-refractivity contribution in [3.8, 4) is 0 Å². The predicted molar refractivity (Wildman–Crippen MR) is 79.5 cm³/mol. The lowest BCUT2D eigenvalue weighted by atomic mass is 10.4. The van der Waals surface area contributed by atoms with Crippen molar-refractivity contribution in [1.82, 2.24) is 19.7 Å². The minimum absolute atomic E-state index is 0.0245. The zero-order chi connectivity index (χ0) is 16.3. The minimum atomic E-state index is -4.02. The highest BCUT2D eigenvalue weighted by Gasteiger charge is 2.18. The molecule has 0 aromatic carbocycles. The van der Waals surface area contributed by atoms with Crippen molar-refractivity contribution in [2.45, 2.75) is 18.7 Å². The summed E-state index contributed by atoms with van der Waals surface area (Å²) >= 11 is 0. The van der Waals surface area contributed by atoms with Gasteiger partial charge in [0, 0.05) is 23.3 Å². The van der Waals surface area contributed by atoms with Gasteiger partial charge in [0.25, 0.3) is 10.0 Å². The van der Waals surface area contributed by atoms with Gasteiger partial charge in [0.2, 0.25) is 5.95 Å². The van der Waals surface area contributed by atoms with E-state index in [2.05, 4.69) is 27.2 Å². The molecule has 0 saturated carbocycles. The highest BCUT2D eigenvalue weighted by Crippen LogP contribution is 2.08. The number of aromatic nitrogens is 3. The summed E-state index contributed by atoms with van der Waals surface area (Å²) in [5, 5.41) is 2.28. The first-order valence-electron chi connectivity index (χ1n) is 6.20. The van der Waals surface area contributed by atoms with E-state index in [1.807, 2.05) is 4.72 Å². The summed E-state index contributed by atoms with van der Waals surface area (Å²) in [7, 11) is -4.02. The maximum absolute atomic E-state index is 12.0. The molecule has 0 bridgehead atoms. The number of urea groups is 1. The molecular weight excluding hydrogens is 306 g/mol. The molecule has 2 N–H and O–H groups in total. The highest BCUT2D eigenvalue weighted by atomic mass is 32.2. The van der Waals surface area contributed by atoms with Gasteiger partial charge in [0.1, 0.15) is 4.90 Å². The summed E-state index contributed by atoms with van der Waals surface area (Å²) in [6, 6.07) is 3.51. The molecule has 2 aromatic rings. The second-order valence-corrected chi connectivity index (χ2v) is 6.20. The molecule has 0 saturated heterocycles. The number of pyridine rings is 1. The van der Waals surface area contributed by atoms with E-state index in [0.717, 1.165) is 6.20 Å². The molecule has 2 amide bonds. The van der Waals surface area contributed by atoms with Gasteiger partial charge in [-0.05, 0) is 39.0 Å². The van der Waals surface area contributed by atoms with Crippen LogP contribution < -0.4 is 10.0 Å². The molecule has 0 spiro atoms. The van der Waals surface area contributed by atoms with Gasteiger partial charge in [-0.15, -0.1) is 0 Å². The van der Waals surface area contributed by atoms with E-state index in [4.69, 9.17) is 0 Å². The molecule has 2 heterocycles. The Morgan fingerprint density at radius 2 is 1.82 bits per heavy atom. The van der Waals surface area contributed by atoms with Crippen LogP contribution in [0.15, 0.2) is 29.3 Å². The summed E-state index contributed by atoms with van der Waals surface area (Å²) in [6.07, 6.45) is 1.12. The smallest absolute Gasteiger partial charge is 0.275 e. The maximum atomic E-state index is 12.0. The van der Waals surface area contributed by atoms with Crippen LogP contribution in [0, 0.1) is 20.8 Å². The van der Waals surface area contributed by atoms with Gasteiger partial charge in [-0.25, -0.2) is 27.9 Å². The monoisotopic (exact) mass is 320 g/mol. The van der Waals surface area contributed by atoms with Crippen LogP contribution in [0.2, 0.25) is 0 Å². The van der Waals surface area contributed by atoms with Crippen molar-refractivity contribution < 1.29 is 13.2 Å². The Morgan fingerprint density at radius 1 is 1.18 bits per heavy atom. The van der Waals surface area contributed by atoms with E-state index in [0.29, 0.717) is 17.1 Å². The van der Waals surface area contributed by atoms with Gasteiger partial charge in [-0.1, -0.05) is 0 Å². The average molecular weight is 320 g/mol. The van der Waals surface area contributed by atoms with Crippen LogP contribution >= 0.6 is 0 Å². The quantitative estimate of drug-likeness (QED) is 0.878. The zero-order valence-corrected chi connectivity index (χ0v) is 12.8. The number of rotatable bonds is 3. The Balaban J connectivity index is 2.12. The molecule has 8 nitrogen and oxygen atoms in total. The number of hydrogen-bond acceptors (Lipinski definition) is 6. The number of nitrogens with zero attached hydrogens (tertiary/aromatic N) is 3. The number of nitrogens with one attached hydrogen (secondary N) is 2. The van der Waals surface area contributed by atoms with Gasteiger partial charge in [-0.3, -0.25) is 10.3 Å². The van der Waals surface area contributed by atoms with E-state index in [9.17, 15) is 13.2 Å². The van der Waals surface area contributed by atoms with Crippen LogP contribution in [-0.2, 0) is 10.0 Å². The average Bonchev–Trinajstić information content (AvgIpc) is 2.36. The van der Waals surface area contributed by atoms with E-state index >= 15 is 0 Å². The molecule has 0 aliphatic carbocycles. The number of amides is 2. The van der Waals surface area contributed by atoms with Gasteiger partial charge in [0.05, 0.1) is 0 Å². The summed E-state index contributed by atoms with van der Waals surface area (Å²) in [4.78, 5) is 23.4. The largest absolute Gasteiger partial charge is 0.335 e. The van der Waals surface area contributed by atoms with Crippen LogP contribution in [0.25, 0.3) is 0 Å². The number of anilines is 1. The van der Waals surface area contributed by atoms with Gasteiger partial charge in [-0.2, -0.15) is 0 Å². The topological polar surface area (TPSA) is 114 Å². The van der Waals surface area contributed by atoms with Crippen LogP contribution in [0.5, 0.6) is 0 Å². The lowest BCUT2D eigenvalue weighted by Crippen LogP contribution is -2.35. The number of carbonyl (C=O) groups is 1. The minimum Gasteiger partial charge on any atom is -0.275 e. The first kappa shape index (κ1) is 15.8. The standard InChI is InChI=1S/C13H14N5O3S/c1-8-4-5-11(7-14-8)22(20,21)18-13(19)17-12-15-9(2)6-10(3)16-12/h4-7H,1H2,2-3H3,(H2,15,16,17,18,19). The van der Waals surface area contributed by atoms with Gasteiger partial charge in [0.15, 0.2) is 0 Å². The third-order valence-corrected chi connectivity index (χ3v) is 3.86. The fraction of sp³-hybridized carbons (Fsp3) is 0.154. The van der Waals surface area contributed by atoms with Crippen molar-refractivity contribution in [3.05, 3.63) is 48.4 Å². The SMILES string of the molecule is [CH2]c1ccc(S(=O)(=O)NC(=O)Nc2nc(C)cc(C)n2)cn1. The van der Waals surface area contributed by atoms with Crippen molar-refractivity contribution in [2.75, 3.05) is 5.32 Å². The molecule has 115 valence electrons. The Labute approximate surface area is 128 Å². The highest BCUT2D eigenvalue weighted by molar-refractivity contribution is 7.90. The molecule has 0 aliphatic rings. The van der Waals surface area contributed by atoms with Gasteiger partial charge < -0.3 is 0 Å². The van der Waals surface area contributed by atoms with Gasteiger partial charge >= 0.3 is 6.03 Å². The molecule has 0 aliphatic heterocycles. The van der Waals surface area contributed by atoms with Crippen molar-refractivity contribution in [1.29, 1.82) is 0 Å². The molecule has 0 unspecified atom stereocenters. The van der Waals surface area contributed by atoms with E-state index in [-0.39, 0.29) is 10.8 Å². The van der Waals surface area contributed by atoms with Crippen molar-refractivity contribution >= 4 is 22.0 Å². The van der Waals surface area contributed by atoms with E-state index in [1.165, 1.54) is 12.1 Å². The maximum Gasteiger partial charge on any atom is 0.335 e. The van der Waals surface area contributed by atoms with Crippen LogP contribution in [0.1, 0.15) is 17.1 Å². The molecule has 2 aromatic heterocycles. The molecule has 2 rings (SSSR count). The first-order valence-corrected chi connectivity index (χ1v) is 7.69. The second-order valence-electron chi connectivity index (χ2n) is 4.52. The number of hydrogen-bond donors (Lipinski definition) is 2. The van der Waals surface area contributed by atoms with E-state index < -0.39 is 16.1 Å². The third-order valence-electron chi connectivity index (χ3n) is 2.54. The third kappa shape index (κ3) is 3.98. The van der Waals surface area contributed by atoms with Crippen LogP contribution in [0.4, 0.5) is 10.7 Å². The Morgan fingerprint density at radius 3 is 2.36 bits per heavy atom. The predicted octanol–water partition coefficient (Wildman–Crippen LogP) is 1.18. The lowest BCUT2D eigenvalue weighted by Gasteiger charge is -2.08. The summed E-state index contributed by atoms with van der Waals surface area (Å²) in [6.45, 7) is 7.03. The van der Waals surface area contributed by atoms with Crippen LogP contribution in [0.3, 0.4) is 0 Å². The number of carbonyl (C=O) groups excluding carboxylic acids is 1. The first-order chi connectivity index (χ1) is 10.3. The van der Waals surface area contributed by atoms with E-state index in [1.54, 1.807) is 19.9 Å². The van der Waals surface area contributed by atoms with Crippen molar-refractivity contribution in [3.63, 3.8) is 0 Å². The Hall–Kier alpha value is -2.55. The van der Waals surface area contributed by atoms with Crippen LogP contribution in [-0.4, -0.2) is 29.4 Å². The Kier molecular flexibility index (Phi) is 4.36. The lowest BCUT2D eigenvalue weighted by molar-refractivity contribution is 0.256. The summed E-state index contributed by atoms with van der Waals surface area (Å²) in [5.74, 6) is 0.0245. The summed E-state index contributed by atoms with van der Waals surface area (Å²) in [5.41, 5.74) is 1.73. The molecule has 22 heavy (non-hydrogen) atoms. The molecule has 9 heteroatoms. The fourth-order valence-electron chi connectivity index (χ4n) is 1.66. The molecule has 0 atom stereocenters. The van der Waals surface area contributed by atoms with Crippen molar-refractivity contribution in [2.24, 2.45) is 0 Å². The normalized spacial score (nSPS) is 11.0.